The monoisotopic (exact) mass is 330 g/mol. The molecule has 0 aliphatic rings. The number of hydrogen-bond acceptors (Lipinski definition) is 5. The van der Waals surface area contributed by atoms with Gasteiger partial charge >= 0.3 is 10.1 Å². The second kappa shape index (κ2) is 5.55. The van der Waals surface area contributed by atoms with E-state index in [1.54, 1.807) is 0 Å². The zero-order valence-corrected chi connectivity index (χ0v) is 13.4. The highest BCUT2D eigenvalue weighted by Gasteiger charge is 2.10. The summed E-state index contributed by atoms with van der Waals surface area (Å²) in [5.74, 6) is 0.517. The molecule has 0 saturated heterocycles. The van der Waals surface area contributed by atoms with Gasteiger partial charge in [-0.05, 0) is 19.1 Å². The predicted molar refractivity (Wildman–Crippen MR) is 88.1 cm³/mol. The molecule has 0 fully saturated rings. The molecule has 2 aromatic carbocycles. The number of fused-ring (bicyclic) bond motifs is 1. The van der Waals surface area contributed by atoms with E-state index < -0.39 is 10.1 Å². The van der Waals surface area contributed by atoms with Crippen LogP contribution in [0, 0.1) is 6.92 Å². The van der Waals surface area contributed by atoms with Crippen molar-refractivity contribution in [2.75, 3.05) is 6.26 Å². The Kier molecular flexibility index (Phi) is 3.69. The molecule has 6 heteroatoms. The van der Waals surface area contributed by atoms with Gasteiger partial charge in [-0.1, -0.05) is 29.8 Å². The summed E-state index contributed by atoms with van der Waals surface area (Å²) in [6.07, 6.45) is 0.954. The van der Waals surface area contributed by atoms with Crippen LogP contribution in [0.4, 0.5) is 0 Å². The maximum Gasteiger partial charge on any atom is 0.306 e. The van der Waals surface area contributed by atoms with E-state index in [4.69, 9.17) is 8.60 Å². The van der Waals surface area contributed by atoms with Gasteiger partial charge in [0.2, 0.25) is 0 Å². The van der Waals surface area contributed by atoms with Crippen LogP contribution >= 0.6 is 0 Å². The molecular formula is C17H14O5S. The summed E-state index contributed by atoms with van der Waals surface area (Å²) in [4.78, 5) is 12.2. The largest absolute Gasteiger partial charge is 0.456 e. The minimum atomic E-state index is -3.64. The summed E-state index contributed by atoms with van der Waals surface area (Å²) in [6, 6.07) is 13.3. The molecular weight excluding hydrogens is 316 g/mol. The van der Waals surface area contributed by atoms with Crippen molar-refractivity contribution >= 4 is 21.1 Å². The van der Waals surface area contributed by atoms with Crippen LogP contribution in [-0.2, 0) is 10.1 Å². The Morgan fingerprint density at radius 1 is 1.00 bits per heavy atom. The summed E-state index contributed by atoms with van der Waals surface area (Å²) in [5, 5.41) is 0.363. The van der Waals surface area contributed by atoms with Crippen LogP contribution in [0.25, 0.3) is 22.3 Å². The topological polar surface area (TPSA) is 73.6 Å². The van der Waals surface area contributed by atoms with Gasteiger partial charge in [0.15, 0.2) is 5.43 Å². The quantitative estimate of drug-likeness (QED) is 0.690. The number of benzene rings is 2. The summed E-state index contributed by atoms with van der Waals surface area (Å²) < 4.78 is 33.0. The molecule has 118 valence electrons. The minimum absolute atomic E-state index is 0.101. The fraction of sp³-hybridized carbons (Fsp3) is 0.118. The van der Waals surface area contributed by atoms with E-state index in [0.717, 1.165) is 17.4 Å². The highest BCUT2D eigenvalue weighted by molar-refractivity contribution is 7.86. The van der Waals surface area contributed by atoms with E-state index in [1.807, 2.05) is 31.2 Å². The second-order valence-electron chi connectivity index (χ2n) is 5.29. The molecule has 5 nitrogen and oxygen atoms in total. The summed E-state index contributed by atoms with van der Waals surface area (Å²) >= 11 is 0. The number of rotatable bonds is 3. The van der Waals surface area contributed by atoms with Gasteiger partial charge in [-0.25, -0.2) is 0 Å². The molecule has 3 rings (SSSR count). The van der Waals surface area contributed by atoms with E-state index in [2.05, 4.69) is 0 Å². The van der Waals surface area contributed by atoms with E-state index >= 15 is 0 Å². The average Bonchev–Trinajstić information content (AvgIpc) is 2.45. The summed E-state index contributed by atoms with van der Waals surface area (Å²) in [5.41, 5.74) is 1.94. The normalized spacial score (nSPS) is 11.6. The van der Waals surface area contributed by atoms with Gasteiger partial charge in [-0.2, -0.15) is 8.42 Å². The molecule has 0 spiro atoms. The molecule has 0 bridgehead atoms. The van der Waals surface area contributed by atoms with Gasteiger partial charge in [-0.15, -0.1) is 0 Å². The Morgan fingerprint density at radius 2 is 1.70 bits per heavy atom. The van der Waals surface area contributed by atoms with Gasteiger partial charge in [0.25, 0.3) is 0 Å². The fourth-order valence-electron chi connectivity index (χ4n) is 2.22. The van der Waals surface area contributed by atoms with Gasteiger partial charge < -0.3 is 8.60 Å². The SMILES string of the molecule is Cc1ccc(-c2cc(=O)c3ccc(OS(C)(=O)=O)cc3o2)cc1. The first-order valence-corrected chi connectivity index (χ1v) is 8.68. The molecule has 0 unspecified atom stereocenters. The van der Waals surface area contributed by atoms with Crippen molar-refractivity contribution < 1.29 is 17.0 Å². The lowest BCUT2D eigenvalue weighted by molar-refractivity contribution is 0.492. The Morgan fingerprint density at radius 3 is 2.35 bits per heavy atom. The van der Waals surface area contributed by atoms with Crippen LogP contribution < -0.4 is 9.61 Å². The van der Waals surface area contributed by atoms with E-state index in [-0.39, 0.29) is 16.8 Å². The lowest BCUT2D eigenvalue weighted by atomic mass is 10.1. The van der Waals surface area contributed by atoms with Crippen LogP contribution in [0.3, 0.4) is 0 Å². The summed E-state index contributed by atoms with van der Waals surface area (Å²) in [6.45, 7) is 1.97. The lowest BCUT2D eigenvalue weighted by Gasteiger charge is -2.06. The Bertz CT molecular complexity index is 1030. The van der Waals surface area contributed by atoms with Crippen molar-refractivity contribution in [3.63, 3.8) is 0 Å². The molecule has 0 amide bonds. The molecule has 0 N–H and O–H groups in total. The van der Waals surface area contributed by atoms with Crippen molar-refractivity contribution in [3.8, 4) is 17.1 Å². The molecule has 0 aliphatic heterocycles. The Hall–Kier alpha value is -2.60. The van der Waals surface area contributed by atoms with Crippen molar-refractivity contribution in [2.45, 2.75) is 6.92 Å². The van der Waals surface area contributed by atoms with Crippen molar-refractivity contribution in [1.29, 1.82) is 0 Å². The highest BCUT2D eigenvalue weighted by Crippen LogP contribution is 2.25. The summed E-state index contributed by atoms with van der Waals surface area (Å²) in [7, 11) is -3.64. The zero-order valence-electron chi connectivity index (χ0n) is 12.6. The molecule has 3 aromatic rings. The maximum absolute atomic E-state index is 12.2. The highest BCUT2D eigenvalue weighted by atomic mass is 32.2. The molecule has 1 heterocycles. The number of hydrogen-bond donors (Lipinski definition) is 0. The number of aryl methyl sites for hydroxylation is 1. The van der Waals surface area contributed by atoms with E-state index in [1.165, 1.54) is 24.3 Å². The van der Waals surface area contributed by atoms with Gasteiger partial charge in [0, 0.05) is 17.7 Å². The lowest BCUT2D eigenvalue weighted by Crippen LogP contribution is -2.06. The van der Waals surface area contributed by atoms with Crippen LogP contribution in [0.5, 0.6) is 5.75 Å². The third kappa shape index (κ3) is 3.43. The van der Waals surface area contributed by atoms with Gasteiger partial charge in [0.1, 0.15) is 17.1 Å². The van der Waals surface area contributed by atoms with Crippen molar-refractivity contribution in [1.82, 2.24) is 0 Å². The molecule has 0 aliphatic carbocycles. The minimum Gasteiger partial charge on any atom is -0.456 e. The Labute approximate surface area is 133 Å². The van der Waals surface area contributed by atoms with Crippen LogP contribution in [-0.4, -0.2) is 14.7 Å². The van der Waals surface area contributed by atoms with E-state index in [0.29, 0.717) is 11.1 Å². The molecule has 1 aromatic heterocycles. The Balaban J connectivity index is 2.15. The second-order valence-corrected chi connectivity index (χ2v) is 6.86. The molecule has 0 atom stereocenters. The average molecular weight is 330 g/mol. The zero-order chi connectivity index (χ0) is 16.6. The van der Waals surface area contributed by atoms with Crippen molar-refractivity contribution in [3.05, 3.63) is 64.3 Å². The molecule has 0 radical (unpaired) electrons. The van der Waals surface area contributed by atoms with Crippen LogP contribution in [0.1, 0.15) is 5.56 Å². The van der Waals surface area contributed by atoms with Crippen molar-refractivity contribution in [2.24, 2.45) is 0 Å². The van der Waals surface area contributed by atoms with E-state index in [9.17, 15) is 13.2 Å². The molecule has 0 saturated carbocycles. The first-order chi connectivity index (χ1) is 10.8. The maximum atomic E-state index is 12.2. The molecule has 23 heavy (non-hydrogen) atoms. The first-order valence-electron chi connectivity index (χ1n) is 6.86. The van der Waals surface area contributed by atoms with Crippen LogP contribution in [0.15, 0.2) is 57.7 Å². The fourth-order valence-corrected chi connectivity index (χ4v) is 2.68. The third-order valence-electron chi connectivity index (χ3n) is 3.28. The first kappa shape index (κ1) is 15.3. The standard InChI is InChI=1S/C17H14O5S/c1-11-3-5-12(6-4-11)16-10-15(18)14-8-7-13(9-17(14)21-16)22-23(2,19)20/h3-10H,1-2H3. The third-order valence-corrected chi connectivity index (χ3v) is 3.78. The smallest absolute Gasteiger partial charge is 0.306 e. The van der Waals surface area contributed by atoms with Gasteiger partial charge in [-0.3, -0.25) is 4.79 Å². The van der Waals surface area contributed by atoms with Gasteiger partial charge in [0.05, 0.1) is 11.6 Å². The predicted octanol–water partition coefficient (Wildman–Crippen LogP) is 3.11. The van der Waals surface area contributed by atoms with Crippen LogP contribution in [0.2, 0.25) is 0 Å².